The third kappa shape index (κ3) is 3.50. The number of benzene rings is 1. The van der Waals surface area contributed by atoms with Crippen molar-refractivity contribution in [3.63, 3.8) is 0 Å². The zero-order chi connectivity index (χ0) is 14.1. The van der Waals surface area contributed by atoms with E-state index in [0.29, 0.717) is 0 Å². The summed E-state index contributed by atoms with van der Waals surface area (Å²) in [5.74, 6) is -2.34. The monoisotopic (exact) mass is 329 g/mol. The molecule has 0 saturated heterocycles. The number of alkyl halides is 3. The fraction of sp³-hybridized carbons (Fsp3) is 0.222. The molecule has 0 fully saturated rings. The second-order valence-electron chi connectivity index (χ2n) is 3.20. The molecule has 100 valence electrons. The highest BCUT2D eigenvalue weighted by molar-refractivity contribution is 9.10. The maximum atomic E-state index is 12.0. The van der Waals surface area contributed by atoms with Gasteiger partial charge in [0, 0.05) is 21.8 Å². The number of carboxylic acid groups (broad SMARTS) is 1. The van der Waals surface area contributed by atoms with Crippen LogP contribution in [0.25, 0.3) is 0 Å². The van der Waals surface area contributed by atoms with Crippen LogP contribution in [0.5, 0.6) is 5.75 Å². The van der Waals surface area contributed by atoms with Crippen molar-refractivity contribution in [2.24, 2.45) is 0 Å². The summed E-state index contributed by atoms with van der Waals surface area (Å²) in [6.07, 6.45) is -6.95. The van der Waals surface area contributed by atoms with E-state index in [2.05, 4.69) is 20.7 Å². The number of halogens is 4. The van der Waals surface area contributed by atoms with Crippen LogP contribution in [0.2, 0.25) is 0 Å². The van der Waals surface area contributed by atoms with E-state index < -0.39 is 24.2 Å². The lowest BCUT2D eigenvalue weighted by atomic mass is 10.1. The van der Waals surface area contributed by atoms with Crippen molar-refractivity contribution in [2.45, 2.75) is 12.5 Å². The van der Waals surface area contributed by atoms with Crippen molar-refractivity contribution in [3.8, 4) is 5.75 Å². The Bertz CT molecular complexity index is 478. The van der Waals surface area contributed by atoms with Gasteiger partial charge in [-0.1, -0.05) is 0 Å². The highest BCUT2D eigenvalue weighted by atomic mass is 79.9. The number of hydrogen-bond acceptors (Lipinski definition) is 4. The molecule has 5 nitrogen and oxygen atoms in total. The molecule has 0 radical (unpaired) electrons. The molecule has 0 aromatic heterocycles. The first kappa shape index (κ1) is 14.6. The van der Waals surface area contributed by atoms with Crippen LogP contribution in [0.4, 0.5) is 18.9 Å². The van der Waals surface area contributed by atoms with Crippen molar-refractivity contribution in [1.29, 1.82) is 0 Å². The first-order valence-electron chi connectivity index (χ1n) is 4.37. The van der Waals surface area contributed by atoms with Crippen LogP contribution in [-0.2, 0) is 4.79 Å². The minimum atomic E-state index is -4.94. The molecule has 1 aromatic rings. The van der Waals surface area contributed by atoms with Crippen LogP contribution in [0.3, 0.4) is 0 Å². The minimum Gasteiger partial charge on any atom is -0.479 e. The first-order chi connectivity index (χ1) is 8.11. The highest BCUT2D eigenvalue weighted by Crippen LogP contribution is 2.35. The number of carboxylic acids is 1. The number of ether oxygens (including phenoxy) is 1. The molecule has 0 aliphatic rings. The van der Waals surface area contributed by atoms with Gasteiger partial charge in [-0.05, 0) is 22.0 Å². The number of nitrogen functional groups attached to an aromatic ring is 1. The zero-order valence-electron chi connectivity index (χ0n) is 8.53. The molecule has 9 heteroatoms. The lowest BCUT2D eigenvalue weighted by molar-refractivity contribution is -0.274. The van der Waals surface area contributed by atoms with E-state index in [4.69, 9.17) is 10.8 Å². The van der Waals surface area contributed by atoms with Crippen molar-refractivity contribution >= 4 is 27.6 Å². The Morgan fingerprint density at radius 2 is 2.00 bits per heavy atom. The minimum absolute atomic E-state index is 0.00748. The van der Waals surface area contributed by atoms with Crippen LogP contribution in [0.1, 0.15) is 11.7 Å². The van der Waals surface area contributed by atoms with Crippen LogP contribution in [-0.4, -0.2) is 22.5 Å². The maximum absolute atomic E-state index is 12.0. The Morgan fingerprint density at radius 3 is 2.44 bits per heavy atom. The molecule has 0 aliphatic heterocycles. The summed E-state index contributed by atoms with van der Waals surface area (Å²) < 4.78 is 39.6. The molecular formula is C9H7BrF3NO4. The Labute approximate surface area is 107 Å². The molecule has 1 rings (SSSR count). The van der Waals surface area contributed by atoms with Crippen molar-refractivity contribution in [1.82, 2.24) is 0 Å². The molecule has 0 heterocycles. The standard InChI is InChI=1S/C9H7BrF3NO4/c10-6-4(7(15)8(16)17)1-3(2-5(6)14)18-9(11,12)13/h1-2,7,15H,14H2,(H,16,17). The van der Waals surface area contributed by atoms with Gasteiger partial charge >= 0.3 is 12.3 Å². The molecule has 0 spiro atoms. The van der Waals surface area contributed by atoms with Gasteiger partial charge < -0.3 is 20.7 Å². The molecule has 1 atom stereocenters. The summed E-state index contributed by atoms with van der Waals surface area (Å²) >= 11 is 2.88. The van der Waals surface area contributed by atoms with Crippen molar-refractivity contribution < 1.29 is 32.9 Å². The van der Waals surface area contributed by atoms with E-state index in [1.807, 2.05) is 0 Å². The summed E-state index contributed by atoms with van der Waals surface area (Å²) in [7, 11) is 0. The Morgan fingerprint density at radius 1 is 1.44 bits per heavy atom. The number of rotatable bonds is 3. The van der Waals surface area contributed by atoms with E-state index in [0.717, 1.165) is 12.1 Å². The van der Waals surface area contributed by atoms with Gasteiger partial charge in [-0.2, -0.15) is 0 Å². The molecule has 18 heavy (non-hydrogen) atoms. The summed E-state index contributed by atoms with van der Waals surface area (Å²) in [5.41, 5.74) is 4.86. The smallest absolute Gasteiger partial charge is 0.479 e. The molecule has 4 N–H and O–H groups in total. The molecule has 0 aliphatic carbocycles. The highest BCUT2D eigenvalue weighted by Gasteiger charge is 2.32. The van der Waals surface area contributed by atoms with Gasteiger partial charge in [0.05, 0.1) is 0 Å². The number of aliphatic hydroxyl groups excluding tert-OH is 1. The Hall–Kier alpha value is -1.48. The fourth-order valence-corrected chi connectivity index (χ4v) is 1.61. The molecule has 0 saturated carbocycles. The van der Waals surface area contributed by atoms with Crippen LogP contribution in [0, 0.1) is 0 Å². The van der Waals surface area contributed by atoms with Crippen molar-refractivity contribution in [2.75, 3.05) is 5.73 Å². The first-order valence-corrected chi connectivity index (χ1v) is 5.16. The molecule has 0 bridgehead atoms. The number of carbonyl (C=O) groups is 1. The van der Waals surface area contributed by atoms with E-state index >= 15 is 0 Å². The van der Waals surface area contributed by atoms with E-state index in [1.54, 1.807) is 0 Å². The largest absolute Gasteiger partial charge is 0.573 e. The number of aliphatic carboxylic acids is 1. The molecule has 1 unspecified atom stereocenters. The van der Waals surface area contributed by atoms with Gasteiger partial charge in [0.15, 0.2) is 6.10 Å². The zero-order valence-corrected chi connectivity index (χ0v) is 10.1. The number of hydrogen-bond donors (Lipinski definition) is 3. The SMILES string of the molecule is Nc1cc(OC(F)(F)F)cc(C(O)C(=O)O)c1Br. The number of nitrogens with two attached hydrogens (primary N) is 1. The molecule has 0 amide bonds. The Kier molecular flexibility index (Phi) is 4.07. The summed E-state index contributed by atoms with van der Waals surface area (Å²) in [5, 5.41) is 17.9. The van der Waals surface area contributed by atoms with Gasteiger partial charge in [-0.15, -0.1) is 13.2 Å². The number of anilines is 1. The van der Waals surface area contributed by atoms with Crippen molar-refractivity contribution in [3.05, 3.63) is 22.2 Å². The van der Waals surface area contributed by atoms with Gasteiger partial charge in [0.25, 0.3) is 0 Å². The van der Waals surface area contributed by atoms with E-state index in [1.165, 1.54) is 0 Å². The summed E-state index contributed by atoms with van der Waals surface area (Å²) in [6, 6.07) is 1.60. The lowest BCUT2D eigenvalue weighted by Crippen LogP contribution is -2.18. The predicted molar refractivity (Wildman–Crippen MR) is 57.8 cm³/mol. The third-order valence-corrected chi connectivity index (χ3v) is 2.78. The third-order valence-electron chi connectivity index (χ3n) is 1.86. The van der Waals surface area contributed by atoms with Gasteiger partial charge in [-0.25, -0.2) is 4.79 Å². The molecular weight excluding hydrogens is 323 g/mol. The lowest BCUT2D eigenvalue weighted by Gasteiger charge is -2.14. The fourth-order valence-electron chi connectivity index (χ4n) is 1.17. The van der Waals surface area contributed by atoms with E-state index in [9.17, 15) is 23.1 Å². The second-order valence-corrected chi connectivity index (χ2v) is 4.00. The summed E-state index contributed by atoms with van der Waals surface area (Å²) in [6.45, 7) is 0. The average Bonchev–Trinajstić information content (AvgIpc) is 2.19. The average molecular weight is 330 g/mol. The second kappa shape index (κ2) is 5.02. The molecule has 1 aromatic carbocycles. The predicted octanol–water partition coefficient (Wildman–Crippen LogP) is 2.05. The van der Waals surface area contributed by atoms with Crippen LogP contribution in [0.15, 0.2) is 16.6 Å². The number of aliphatic hydroxyl groups is 1. The summed E-state index contributed by atoms with van der Waals surface area (Å²) in [4.78, 5) is 10.6. The quantitative estimate of drug-likeness (QED) is 0.738. The van der Waals surface area contributed by atoms with Gasteiger partial charge in [0.1, 0.15) is 5.75 Å². The van der Waals surface area contributed by atoms with Crippen LogP contribution >= 0.6 is 15.9 Å². The maximum Gasteiger partial charge on any atom is 0.573 e. The van der Waals surface area contributed by atoms with E-state index in [-0.39, 0.29) is 15.7 Å². The van der Waals surface area contributed by atoms with Gasteiger partial charge in [0.2, 0.25) is 0 Å². The van der Waals surface area contributed by atoms with Gasteiger partial charge in [-0.3, -0.25) is 0 Å². The topological polar surface area (TPSA) is 92.8 Å². The Balaban J connectivity index is 3.22. The normalized spacial score (nSPS) is 13.2. The van der Waals surface area contributed by atoms with Crippen LogP contribution < -0.4 is 10.5 Å².